The molecule has 0 aliphatic heterocycles. The molecule has 1 aliphatic rings. The van der Waals surface area contributed by atoms with Gasteiger partial charge in [-0.25, -0.2) is 4.79 Å². The molecule has 6 nitrogen and oxygen atoms in total. The number of hydrogen-bond donors (Lipinski definition) is 1. The minimum Gasteiger partial charge on any atom is -0.484 e. The zero-order chi connectivity index (χ0) is 20.7. The molecule has 1 amide bonds. The normalized spacial score (nSPS) is 16.4. The van der Waals surface area contributed by atoms with Crippen molar-refractivity contribution < 1.29 is 24.2 Å². The minimum absolute atomic E-state index is 0.00916. The molecule has 1 fully saturated rings. The van der Waals surface area contributed by atoms with Gasteiger partial charge in [0.1, 0.15) is 5.75 Å². The van der Waals surface area contributed by atoms with E-state index in [1.165, 1.54) is 13.5 Å². The Morgan fingerprint density at radius 3 is 2.46 bits per heavy atom. The summed E-state index contributed by atoms with van der Waals surface area (Å²) in [7, 11) is 1.38. The van der Waals surface area contributed by atoms with Crippen LogP contribution in [0.2, 0.25) is 0 Å². The molecule has 28 heavy (non-hydrogen) atoms. The van der Waals surface area contributed by atoms with Crippen LogP contribution in [0.3, 0.4) is 0 Å². The van der Waals surface area contributed by atoms with Crippen molar-refractivity contribution in [1.29, 1.82) is 0 Å². The predicted molar refractivity (Wildman–Crippen MR) is 108 cm³/mol. The van der Waals surface area contributed by atoms with Crippen molar-refractivity contribution in [3.63, 3.8) is 0 Å². The SMILES string of the molecule is COC(Cc1cccc(OCC(=O)N(C2CCCCC2)C(C)(C)C)c1)C(=O)O. The highest BCUT2D eigenvalue weighted by Crippen LogP contribution is 2.28. The molecular formula is C22H33NO5. The van der Waals surface area contributed by atoms with Crippen molar-refractivity contribution in [2.45, 2.75) is 77.0 Å². The Bertz CT molecular complexity index is 661. The summed E-state index contributed by atoms with van der Waals surface area (Å²) in [6.07, 6.45) is 5.01. The van der Waals surface area contributed by atoms with Crippen LogP contribution < -0.4 is 4.74 Å². The number of hydrogen-bond acceptors (Lipinski definition) is 4. The average Bonchev–Trinajstić information content (AvgIpc) is 2.64. The van der Waals surface area contributed by atoms with E-state index in [9.17, 15) is 9.59 Å². The van der Waals surface area contributed by atoms with E-state index in [2.05, 4.69) is 20.8 Å². The fourth-order valence-electron chi connectivity index (χ4n) is 3.93. The molecule has 1 aromatic rings. The molecule has 0 spiro atoms. The van der Waals surface area contributed by atoms with Crippen molar-refractivity contribution >= 4 is 11.9 Å². The number of carbonyl (C=O) groups excluding carboxylic acids is 1. The lowest BCUT2D eigenvalue weighted by molar-refractivity contribution is -0.148. The van der Waals surface area contributed by atoms with Gasteiger partial charge < -0.3 is 19.5 Å². The standard InChI is InChI=1S/C22H33NO5/c1-22(2,3)23(17-10-6-5-7-11-17)20(24)15-28-18-12-8-9-16(13-18)14-19(27-4)21(25)26/h8-9,12-13,17,19H,5-7,10-11,14-15H2,1-4H3,(H,25,26). The number of methoxy groups -OCH3 is 1. The molecule has 0 aromatic heterocycles. The quantitative estimate of drug-likeness (QED) is 0.732. The highest BCUT2D eigenvalue weighted by molar-refractivity contribution is 5.79. The van der Waals surface area contributed by atoms with E-state index < -0.39 is 12.1 Å². The molecular weight excluding hydrogens is 358 g/mol. The van der Waals surface area contributed by atoms with Gasteiger partial charge in [-0.2, -0.15) is 0 Å². The van der Waals surface area contributed by atoms with Gasteiger partial charge >= 0.3 is 5.97 Å². The molecule has 0 saturated heterocycles. The Hall–Kier alpha value is -2.08. The van der Waals surface area contributed by atoms with E-state index in [0.717, 1.165) is 31.2 Å². The third-order valence-electron chi connectivity index (χ3n) is 5.17. The third-order valence-corrected chi connectivity index (χ3v) is 5.17. The summed E-state index contributed by atoms with van der Waals surface area (Å²) in [5.74, 6) is -0.453. The number of rotatable bonds is 8. The summed E-state index contributed by atoms with van der Waals surface area (Å²) in [5.41, 5.74) is 0.538. The summed E-state index contributed by atoms with van der Waals surface area (Å²) >= 11 is 0. The predicted octanol–water partition coefficient (Wildman–Crippen LogP) is 3.67. The van der Waals surface area contributed by atoms with Crippen molar-refractivity contribution in [2.24, 2.45) is 0 Å². The van der Waals surface area contributed by atoms with Crippen molar-refractivity contribution in [3.05, 3.63) is 29.8 Å². The van der Waals surface area contributed by atoms with Gasteiger partial charge in [-0.3, -0.25) is 4.79 Å². The third kappa shape index (κ3) is 6.23. The second kappa shape index (κ2) is 9.92. The van der Waals surface area contributed by atoms with E-state index in [1.807, 2.05) is 11.0 Å². The van der Waals surface area contributed by atoms with Gasteiger partial charge in [-0.15, -0.1) is 0 Å². The molecule has 156 valence electrons. The van der Waals surface area contributed by atoms with Crippen molar-refractivity contribution in [1.82, 2.24) is 4.90 Å². The maximum absolute atomic E-state index is 13.0. The Morgan fingerprint density at radius 1 is 1.21 bits per heavy atom. The second-order valence-electron chi connectivity index (χ2n) is 8.43. The first-order valence-electron chi connectivity index (χ1n) is 10.0. The topological polar surface area (TPSA) is 76.1 Å². The van der Waals surface area contributed by atoms with Crippen LogP contribution in [0.15, 0.2) is 24.3 Å². The smallest absolute Gasteiger partial charge is 0.333 e. The number of carboxylic acids is 1. The van der Waals surface area contributed by atoms with Crippen LogP contribution in [0, 0.1) is 0 Å². The first-order chi connectivity index (χ1) is 13.2. The summed E-state index contributed by atoms with van der Waals surface area (Å²) in [4.78, 5) is 26.1. The van der Waals surface area contributed by atoms with Gasteiger partial charge in [0, 0.05) is 25.1 Å². The zero-order valence-electron chi connectivity index (χ0n) is 17.4. The number of ether oxygens (including phenoxy) is 2. The lowest BCUT2D eigenvalue weighted by Gasteiger charge is -2.43. The monoisotopic (exact) mass is 391 g/mol. The molecule has 0 bridgehead atoms. The number of carbonyl (C=O) groups is 2. The largest absolute Gasteiger partial charge is 0.484 e. The van der Waals surface area contributed by atoms with E-state index in [1.54, 1.807) is 18.2 Å². The van der Waals surface area contributed by atoms with Gasteiger partial charge in [-0.05, 0) is 51.3 Å². The van der Waals surface area contributed by atoms with Crippen LogP contribution in [-0.2, 0) is 20.7 Å². The van der Waals surface area contributed by atoms with Crippen LogP contribution in [0.4, 0.5) is 0 Å². The molecule has 1 atom stereocenters. The molecule has 1 N–H and O–H groups in total. The van der Waals surface area contributed by atoms with Gasteiger partial charge in [0.15, 0.2) is 12.7 Å². The molecule has 0 heterocycles. The van der Waals surface area contributed by atoms with Crippen LogP contribution >= 0.6 is 0 Å². The molecule has 0 radical (unpaired) electrons. The van der Waals surface area contributed by atoms with E-state index in [-0.39, 0.29) is 30.5 Å². The van der Waals surface area contributed by atoms with Crippen molar-refractivity contribution in [2.75, 3.05) is 13.7 Å². The highest BCUT2D eigenvalue weighted by Gasteiger charge is 2.33. The maximum Gasteiger partial charge on any atom is 0.333 e. The summed E-state index contributed by atoms with van der Waals surface area (Å²) in [6, 6.07) is 7.44. The molecule has 1 aliphatic carbocycles. The Balaban J connectivity index is 2.02. The first kappa shape index (κ1) is 22.2. The maximum atomic E-state index is 13.0. The summed E-state index contributed by atoms with van der Waals surface area (Å²) in [5, 5.41) is 9.13. The lowest BCUT2D eigenvalue weighted by Crippen LogP contribution is -2.53. The molecule has 2 rings (SSSR count). The summed E-state index contributed by atoms with van der Waals surface area (Å²) in [6.45, 7) is 6.18. The van der Waals surface area contributed by atoms with E-state index >= 15 is 0 Å². The molecule has 1 unspecified atom stereocenters. The number of benzene rings is 1. The van der Waals surface area contributed by atoms with Gasteiger partial charge in [0.05, 0.1) is 0 Å². The first-order valence-corrected chi connectivity index (χ1v) is 10.0. The Labute approximate surface area is 167 Å². The van der Waals surface area contributed by atoms with Gasteiger partial charge in [0.25, 0.3) is 5.91 Å². The van der Waals surface area contributed by atoms with E-state index in [4.69, 9.17) is 14.6 Å². The highest BCUT2D eigenvalue weighted by atomic mass is 16.5. The molecule has 6 heteroatoms. The van der Waals surface area contributed by atoms with E-state index in [0.29, 0.717) is 5.75 Å². The summed E-state index contributed by atoms with van der Waals surface area (Å²) < 4.78 is 10.8. The van der Waals surface area contributed by atoms with Crippen LogP contribution in [0.1, 0.15) is 58.4 Å². The second-order valence-corrected chi connectivity index (χ2v) is 8.43. The fraction of sp³-hybridized carbons (Fsp3) is 0.636. The number of nitrogens with zero attached hydrogens (tertiary/aromatic N) is 1. The van der Waals surface area contributed by atoms with Crippen LogP contribution in [0.5, 0.6) is 5.75 Å². The Kier molecular flexibility index (Phi) is 7.87. The zero-order valence-corrected chi connectivity index (χ0v) is 17.4. The van der Waals surface area contributed by atoms with Gasteiger partial charge in [0.2, 0.25) is 0 Å². The average molecular weight is 392 g/mol. The minimum atomic E-state index is -1.00. The lowest BCUT2D eigenvalue weighted by atomic mass is 9.90. The van der Waals surface area contributed by atoms with Crippen molar-refractivity contribution in [3.8, 4) is 5.75 Å². The van der Waals surface area contributed by atoms with Crippen LogP contribution in [-0.4, -0.2) is 53.3 Å². The van der Waals surface area contributed by atoms with Gasteiger partial charge in [-0.1, -0.05) is 31.4 Å². The number of aliphatic carboxylic acids is 1. The van der Waals surface area contributed by atoms with Crippen LogP contribution in [0.25, 0.3) is 0 Å². The number of amides is 1. The fourth-order valence-corrected chi connectivity index (χ4v) is 3.93. The number of carboxylic acid groups (broad SMARTS) is 1. The molecule has 1 aromatic carbocycles. The Morgan fingerprint density at radius 2 is 1.89 bits per heavy atom. The molecule has 1 saturated carbocycles.